The highest BCUT2D eigenvalue weighted by Gasteiger charge is 2.30. The second kappa shape index (κ2) is 8.96. The van der Waals surface area contributed by atoms with Crippen molar-refractivity contribution in [1.82, 2.24) is 5.32 Å². The van der Waals surface area contributed by atoms with Crippen LogP contribution in [0, 0.1) is 0 Å². The number of anilines is 1. The van der Waals surface area contributed by atoms with Crippen molar-refractivity contribution in [3.05, 3.63) is 59.7 Å². The molecule has 0 bridgehead atoms. The van der Waals surface area contributed by atoms with Crippen molar-refractivity contribution in [1.29, 1.82) is 0 Å². The maximum absolute atomic E-state index is 12.7. The number of halogens is 3. The number of alkyl halides is 3. The van der Waals surface area contributed by atoms with Gasteiger partial charge in [-0.1, -0.05) is 18.2 Å². The molecular weight excluding hydrogens is 397 g/mol. The molecule has 10 heteroatoms. The Bertz CT molecular complexity index is 930. The standard InChI is InChI=1S/C18H19F3N2O4S/c1-28(25,26)9-8-27-16-7-3-6-15(11-16)23-17(24)22-12-13-4-2-5-14(10-13)18(19,20)21/h2-7,10-11H,8-9,12H2,1H3,(H2,22,23,24). The van der Waals surface area contributed by atoms with E-state index in [1.165, 1.54) is 18.2 Å². The van der Waals surface area contributed by atoms with Gasteiger partial charge in [-0.05, 0) is 29.8 Å². The van der Waals surface area contributed by atoms with Crippen LogP contribution in [0.15, 0.2) is 48.5 Å². The van der Waals surface area contributed by atoms with Gasteiger partial charge in [-0.25, -0.2) is 13.2 Å². The molecule has 28 heavy (non-hydrogen) atoms. The molecule has 0 aromatic heterocycles. The van der Waals surface area contributed by atoms with E-state index in [1.807, 2.05) is 0 Å². The lowest BCUT2D eigenvalue weighted by Crippen LogP contribution is -2.28. The van der Waals surface area contributed by atoms with E-state index in [1.54, 1.807) is 18.2 Å². The van der Waals surface area contributed by atoms with Crippen LogP contribution in [0.2, 0.25) is 0 Å². The molecule has 2 amide bonds. The van der Waals surface area contributed by atoms with Gasteiger partial charge in [0.15, 0.2) is 9.84 Å². The van der Waals surface area contributed by atoms with E-state index >= 15 is 0 Å². The first-order chi connectivity index (χ1) is 13.0. The van der Waals surface area contributed by atoms with Crippen LogP contribution in [0.1, 0.15) is 11.1 Å². The molecule has 2 aromatic rings. The van der Waals surface area contributed by atoms with Crippen LogP contribution < -0.4 is 15.4 Å². The van der Waals surface area contributed by atoms with Gasteiger partial charge in [0.2, 0.25) is 0 Å². The molecule has 0 radical (unpaired) electrons. The van der Waals surface area contributed by atoms with Gasteiger partial charge >= 0.3 is 12.2 Å². The molecule has 0 spiro atoms. The molecule has 0 unspecified atom stereocenters. The van der Waals surface area contributed by atoms with Crippen LogP contribution in [0.4, 0.5) is 23.7 Å². The highest BCUT2D eigenvalue weighted by molar-refractivity contribution is 7.90. The Morgan fingerprint density at radius 1 is 1.11 bits per heavy atom. The van der Waals surface area contributed by atoms with Crippen LogP contribution in [0.25, 0.3) is 0 Å². The van der Waals surface area contributed by atoms with Crippen LogP contribution in [0.3, 0.4) is 0 Å². The molecule has 0 saturated carbocycles. The summed E-state index contributed by atoms with van der Waals surface area (Å²) in [6, 6.07) is 10.4. The number of benzene rings is 2. The van der Waals surface area contributed by atoms with Gasteiger partial charge in [0.1, 0.15) is 12.4 Å². The smallest absolute Gasteiger partial charge is 0.416 e. The van der Waals surface area contributed by atoms with Crippen LogP contribution in [-0.4, -0.2) is 33.1 Å². The summed E-state index contributed by atoms with van der Waals surface area (Å²) < 4.78 is 65.6. The highest BCUT2D eigenvalue weighted by Crippen LogP contribution is 2.29. The molecule has 152 valence electrons. The first-order valence-electron chi connectivity index (χ1n) is 8.14. The van der Waals surface area contributed by atoms with Gasteiger partial charge in [0, 0.05) is 24.6 Å². The van der Waals surface area contributed by atoms with Gasteiger partial charge in [-0.2, -0.15) is 13.2 Å². The summed E-state index contributed by atoms with van der Waals surface area (Å²) in [4.78, 5) is 12.0. The highest BCUT2D eigenvalue weighted by atomic mass is 32.2. The number of rotatable bonds is 7. The van der Waals surface area contributed by atoms with E-state index in [0.29, 0.717) is 17.0 Å². The molecule has 2 N–H and O–H groups in total. The van der Waals surface area contributed by atoms with Gasteiger partial charge in [0.25, 0.3) is 0 Å². The summed E-state index contributed by atoms with van der Waals surface area (Å²) in [5.41, 5.74) is -0.0904. The Hall–Kier alpha value is -2.75. The van der Waals surface area contributed by atoms with Crippen molar-refractivity contribution in [2.45, 2.75) is 12.7 Å². The Kier molecular flexibility index (Phi) is 6.90. The van der Waals surface area contributed by atoms with Gasteiger partial charge in [-0.3, -0.25) is 0 Å². The average molecular weight is 416 g/mol. The molecule has 0 saturated heterocycles. The van der Waals surface area contributed by atoms with E-state index in [-0.39, 0.29) is 18.9 Å². The SMILES string of the molecule is CS(=O)(=O)CCOc1cccc(NC(=O)NCc2cccc(C(F)(F)F)c2)c1. The third-order valence-electron chi connectivity index (χ3n) is 3.52. The van der Waals surface area contributed by atoms with E-state index < -0.39 is 27.6 Å². The Labute approximate surface area is 160 Å². The number of carbonyl (C=O) groups is 1. The number of hydrogen-bond donors (Lipinski definition) is 2. The Morgan fingerprint density at radius 3 is 2.50 bits per heavy atom. The van der Waals surface area contributed by atoms with Crippen molar-refractivity contribution < 1.29 is 31.1 Å². The average Bonchev–Trinajstić information content (AvgIpc) is 2.59. The summed E-state index contributed by atoms with van der Waals surface area (Å²) in [5.74, 6) is 0.238. The summed E-state index contributed by atoms with van der Waals surface area (Å²) in [6.07, 6.45) is -3.35. The van der Waals surface area contributed by atoms with E-state index in [9.17, 15) is 26.4 Å². The van der Waals surface area contributed by atoms with Crippen molar-refractivity contribution in [3.63, 3.8) is 0 Å². The molecule has 0 aliphatic carbocycles. The molecule has 2 aromatic carbocycles. The monoisotopic (exact) mass is 416 g/mol. The molecule has 0 fully saturated rings. The minimum atomic E-state index is -4.45. The zero-order valence-corrected chi connectivity index (χ0v) is 15.7. The first-order valence-corrected chi connectivity index (χ1v) is 10.2. The number of amides is 2. The summed E-state index contributed by atoms with van der Waals surface area (Å²) in [7, 11) is -3.14. The van der Waals surface area contributed by atoms with Crippen molar-refractivity contribution in [2.24, 2.45) is 0 Å². The van der Waals surface area contributed by atoms with Crippen LogP contribution in [-0.2, 0) is 22.6 Å². The van der Waals surface area contributed by atoms with E-state index in [2.05, 4.69) is 10.6 Å². The number of urea groups is 1. The topological polar surface area (TPSA) is 84.5 Å². The Morgan fingerprint density at radius 2 is 1.82 bits per heavy atom. The lowest BCUT2D eigenvalue weighted by Gasteiger charge is -2.11. The third kappa shape index (κ3) is 7.47. The number of hydrogen-bond acceptors (Lipinski definition) is 4. The Balaban J connectivity index is 1.89. The minimum absolute atomic E-state index is 0.0238. The van der Waals surface area contributed by atoms with Crippen LogP contribution >= 0.6 is 0 Å². The minimum Gasteiger partial charge on any atom is -0.492 e. The summed E-state index contributed by atoms with van der Waals surface area (Å²) in [6.45, 7) is -0.107. The van der Waals surface area contributed by atoms with Gasteiger partial charge in [0.05, 0.1) is 11.3 Å². The second-order valence-electron chi connectivity index (χ2n) is 6.01. The van der Waals surface area contributed by atoms with Crippen molar-refractivity contribution in [2.75, 3.05) is 23.9 Å². The fraction of sp³-hybridized carbons (Fsp3) is 0.278. The number of sulfone groups is 1. The molecule has 0 aliphatic rings. The lowest BCUT2D eigenvalue weighted by molar-refractivity contribution is -0.137. The maximum Gasteiger partial charge on any atom is 0.416 e. The van der Waals surface area contributed by atoms with Crippen LogP contribution in [0.5, 0.6) is 5.75 Å². The lowest BCUT2D eigenvalue weighted by atomic mass is 10.1. The molecule has 2 rings (SSSR count). The molecule has 0 atom stereocenters. The second-order valence-corrected chi connectivity index (χ2v) is 8.27. The van der Waals surface area contributed by atoms with E-state index in [0.717, 1.165) is 18.4 Å². The van der Waals surface area contributed by atoms with Gasteiger partial charge in [-0.15, -0.1) is 0 Å². The zero-order chi connectivity index (χ0) is 20.8. The predicted octanol–water partition coefficient (Wildman–Crippen LogP) is 3.45. The summed E-state index contributed by atoms with van der Waals surface area (Å²) in [5, 5.41) is 5.00. The fourth-order valence-electron chi connectivity index (χ4n) is 2.19. The number of nitrogens with one attached hydrogen (secondary N) is 2. The third-order valence-corrected chi connectivity index (χ3v) is 4.43. The van der Waals surface area contributed by atoms with Crippen molar-refractivity contribution in [3.8, 4) is 5.75 Å². The van der Waals surface area contributed by atoms with E-state index in [4.69, 9.17) is 4.74 Å². The molecule has 0 heterocycles. The molecule has 0 aliphatic heterocycles. The first kappa shape index (κ1) is 21.5. The quantitative estimate of drug-likeness (QED) is 0.724. The molecule has 6 nitrogen and oxygen atoms in total. The summed E-state index contributed by atoms with van der Waals surface area (Å²) >= 11 is 0. The number of carbonyl (C=O) groups excluding carboxylic acids is 1. The largest absolute Gasteiger partial charge is 0.492 e. The normalized spacial score (nSPS) is 11.7. The number of ether oxygens (including phenoxy) is 1. The molecular formula is C18H19F3N2O4S. The van der Waals surface area contributed by atoms with Gasteiger partial charge < -0.3 is 15.4 Å². The predicted molar refractivity (Wildman–Crippen MR) is 99.0 cm³/mol. The zero-order valence-electron chi connectivity index (χ0n) is 14.9. The van der Waals surface area contributed by atoms with Crippen molar-refractivity contribution >= 4 is 21.6 Å². The fourth-order valence-corrected chi connectivity index (χ4v) is 2.58. The maximum atomic E-state index is 12.7.